The quantitative estimate of drug-likeness (QED) is 0.738. The molecule has 5 nitrogen and oxygen atoms in total. The molecule has 3 aromatic rings. The predicted octanol–water partition coefficient (Wildman–Crippen LogP) is 3.42. The fourth-order valence-electron chi connectivity index (χ4n) is 2.55. The lowest BCUT2D eigenvalue weighted by Crippen LogP contribution is -2.02. The summed E-state index contributed by atoms with van der Waals surface area (Å²) in [7, 11) is 1.90. The number of halogens is 1. The molecule has 0 saturated carbocycles. The minimum Gasteiger partial charge on any atom is -0.347 e. The lowest BCUT2D eigenvalue weighted by molar-refractivity contribution is 0.652. The van der Waals surface area contributed by atoms with E-state index >= 15 is 0 Å². The van der Waals surface area contributed by atoms with Gasteiger partial charge in [-0.2, -0.15) is 10.4 Å². The highest BCUT2D eigenvalue weighted by Gasteiger charge is 2.15. The van der Waals surface area contributed by atoms with Gasteiger partial charge in [0.05, 0.1) is 11.3 Å². The van der Waals surface area contributed by atoms with Crippen LogP contribution in [0.4, 0.5) is 0 Å². The number of hydrogen-bond donors (Lipinski definition) is 0. The number of aryl methyl sites for hydroxylation is 2. The summed E-state index contributed by atoms with van der Waals surface area (Å²) in [6.07, 6.45) is 2.41. The Morgan fingerprint density at radius 3 is 2.78 bits per heavy atom. The van der Waals surface area contributed by atoms with Crippen molar-refractivity contribution in [3.05, 3.63) is 58.5 Å². The molecule has 0 aliphatic rings. The maximum atomic E-state index is 9.06. The molecule has 0 radical (unpaired) electrons. The molecular weight excluding hydrogens is 310 g/mol. The molecule has 1 aromatic carbocycles. The predicted molar refractivity (Wildman–Crippen MR) is 89.1 cm³/mol. The van der Waals surface area contributed by atoms with Gasteiger partial charge in [0, 0.05) is 31.2 Å². The van der Waals surface area contributed by atoms with Crippen molar-refractivity contribution in [3.63, 3.8) is 0 Å². The van der Waals surface area contributed by atoms with E-state index in [1.807, 2.05) is 53.6 Å². The number of aromatic nitrogens is 4. The molecule has 0 N–H and O–H groups in total. The average molecular weight is 326 g/mol. The summed E-state index contributed by atoms with van der Waals surface area (Å²) in [5.41, 5.74) is 2.57. The number of hydrogen-bond acceptors (Lipinski definition) is 3. The van der Waals surface area contributed by atoms with Gasteiger partial charge in [0.1, 0.15) is 6.07 Å². The van der Waals surface area contributed by atoms with E-state index in [2.05, 4.69) is 16.2 Å². The number of rotatable bonds is 4. The van der Waals surface area contributed by atoms with Crippen LogP contribution in [0.1, 0.15) is 23.9 Å². The van der Waals surface area contributed by atoms with Crippen LogP contribution in [0.2, 0.25) is 5.02 Å². The third-order valence-electron chi connectivity index (χ3n) is 3.63. The minimum absolute atomic E-state index is 0.615. The Hall–Kier alpha value is -2.58. The topological polar surface area (TPSA) is 59.4 Å². The van der Waals surface area contributed by atoms with Gasteiger partial charge in [-0.3, -0.25) is 0 Å². The normalized spacial score (nSPS) is 10.7. The molecule has 3 rings (SSSR count). The first kappa shape index (κ1) is 15.3. The average Bonchev–Trinajstić information content (AvgIpc) is 3.10. The van der Waals surface area contributed by atoms with Gasteiger partial charge in [-0.05, 0) is 30.7 Å². The molecule has 0 amide bonds. The van der Waals surface area contributed by atoms with Crippen LogP contribution in [0, 0.1) is 11.3 Å². The first-order valence-corrected chi connectivity index (χ1v) is 7.73. The first-order chi connectivity index (χ1) is 11.1. The van der Waals surface area contributed by atoms with Crippen molar-refractivity contribution >= 4 is 11.6 Å². The summed E-state index contributed by atoms with van der Waals surface area (Å²) in [5, 5.41) is 14.3. The Morgan fingerprint density at radius 2 is 2.13 bits per heavy atom. The van der Waals surface area contributed by atoms with Crippen molar-refractivity contribution < 1.29 is 0 Å². The van der Waals surface area contributed by atoms with Gasteiger partial charge in [0.2, 0.25) is 0 Å². The Morgan fingerprint density at radius 1 is 1.30 bits per heavy atom. The van der Waals surface area contributed by atoms with E-state index in [1.165, 1.54) is 0 Å². The Kier molecular flexibility index (Phi) is 4.18. The van der Waals surface area contributed by atoms with Crippen LogP contribution in [0.25, 0.3) is 11.5 Å². The third kappa shape index (κ3) is 3.13. The maximum absolute atomic E-state index is 9.06. The molecular formula is C17H16ClN5. The van der Waals surface area contributed by atoms with E-state index < -0.39 is 0 Å². The molecule has 0 fully saturated rings. The van der Waals surface area contributed by atoms with Crippen molar-refractivity contribution in [2.24, 2.45) is 7.05 Å². The molecule has 0 aliphatic heterocycles. The van der Waals surface area contributed by atoms with Crippen LogP contribution < -0.4 is 0 Å². The Bertz CT molecular complexity index is 885. The number of nitrogens with zero attached hydrogens (tertiary/aromatic N) is 5. The van der Waals surface area contributed by atoms with Crippen LogP contribution in [0.5, 0.6) is 0 Å². The summed E-state index contributed by atoms with van der Waals surface area (Å²) in [6, 6.07) is 11.7. The second-order valence-electron chi connectivity index (χ2n) is 5.31. The summed E-state index contributed by atoms with van der Waals surface area (Å²) in [5.74, 6) is 1.51. The van der Waals surface area contributed by atoms with Gasteiger partial charge < -0.3 is 4.57 Å². The Balaban J connectivity index is 1.97. The van der Waals surface area contributed by atoms with Crippen molar-refractivity contribution in [2.45, 2.75) is 19.9 Å². The van der Waals surface area contributed by atoms with Gasteiger partial charge in [0.15, 0.2) is 11.6 Å². The summed E-state index contributed by atoms with van der Waals surface area (Å²) >= 11 is 6.03. The molecule has 0 atom stereocenters. The number of benzene rings is 1. The third-order valence-corrected chi connectivity index (χ3v) is 3.86. The molecule has 2 aromatic heterocycles. The van der Waals surface area contributed by atoms with Crippen molar-refractivity contribution in [2.75, 3.05) is 0 Å². The summed E-state index contributed by atoms with van der Waals surface area (Å²) in [4.78, 5) is 4.66. The molecule has 0 saturated heterocycles. The fourth-order valence-corrected chi connectivity index (χ4v) is 2.76. The van der Waals surface area contributed by atoms with Crippen molar-refractivity contribution in [1.29, 1.82) is 5.26 Å². The van der Waals surface area contributed by atoms with Gasteiger partial charge in [-0.15, -0.1) is 0 Å². The van der Waals surface area contributed by atoms with Crippen LogP contribution >= 0.6 is 11.6 Å². The van der Waals surface area contributed by atoms with Crippen LogP contribution in [0.15, 0.2) is 36.5 Å². The standard InChI is InChI=1S/C17H16ClN5/c1-3-23-17(15-8-13(10-19)11-22(15)2)20-16(21-23)9-12-5-4-6-14(18)7-12/h4-8,11H,3,9H2,1-2H3. The zero-order valence-corrected chi connectivity index (χ0v) is 13.7. The van der Waals surface area contributed by atoms with Gasteiger partial charge >= 0.3 is 0 Å². The van der Waals surface area contributed by atoms with Crippen LogP contribution in [-0.4, -0.2) is 19.3 Å². The monoisotopic (exact) mass is 325 g/mol. The first-order valence-electron chi connectivity index (χ1n) is 7.35. The van der Waals surface area contributed by atoms with E-state index in [-0.39, 0.29) is 0 Å². The second kappa shape index (κ2) is 6.27. The SMILES string of the molecule is CCn1nc(Cc2cccc(Cl)c2)nc1-c1cc(C#N)cn1C. The van der Waals surface area contributed by atoms with Crippen molar-refractivity contribution in [3.8, 4) is 17.6 Å². The highest BCUT2D eigenvalue weighted by molar-refractivity contribution is 6.30. The van der Waals surface area contributed by atoms with Crippen molar-refractivity contribution in [1.82, 2.24) is 19.3 Å². The maximum Gasteiger partial charge on any atom is 0.175 e. The highest BCUT2D eigenvalue weighted by atomic mass is 35.5. The lowest BCUT2D eigenvalue weighted by Gasteiger charge is -2.03. The molecule has 0 unspecified atom stereocenters. The molecule has 0 aliphatic carbocycles. The second-order valence-corrected chi connectivity index (χ2v) is 5.75. The molecule has 6 heteroatoms. The van der Waals surface area contributed by atoms with Crippen LogP contribution in [0.3, 0.4) is 0 Å². The minimum atomic E-state index is 0.615. The largest absolute Gasteiger partial charge is 0.347 e. The molecule has 0 spiro atoms. The zero-order valence-electron chi connectivity index (χ0n) is 13.0. The molecule has 23 heavy (non-hydrogen) atoms. The van der Waals surface area contributed by atoms with Gasteiger partial charge in [-0.25, -0.2) is 9.67 Å². The molecule has 2 heterocycles. The van der Waals surface area contributed by atoms with E-state index in [0.29, 0.717) is 23.6 Å². The fraction of sp³-hybridized carbons (Fsp3) is 0.235. The van der Waals surface area contributed by atoms with E-state index in [0.717, 1.165) is 22.9 Å². The Labute approximate surface area is 139 Å². The highest BCUT2D eigenvalue weighted by Crippen LogP contribution is 2.21. The van der Waals surface area contributed by atoms with Crippen LogP contribution in [-0.2, 0) is 20.0 Å². The smallest absolute Gasteiger partial charge is 0.175 e. The van der Waals surface area contributed by atoms with Gasteiger partial charge in [-0.1, -0.05) is 23.7 Å². The number of nitriles is 1. The zero-order chi connectivity index (χ0) is 16.4. The van der Waals surface area contributed by atoms with E-state index in [9.17, 15) is 0 Å². The van der Waals surface area contributed by atoms with E-state index in [1.54, 1.807) is 6.20 Å². The molecule has 116 valence electrons. The summed E-state index contributed by atoms with van der Waals surface area (Å²) < 4.78 is 3.76. The summed E-state index contributed by atoms with van der Waals surface area (Å²) in [6.45, 7) is 2.74. The van der Waals surface area contributed by atoms with Gasteiger partial charge in [0.25, 0.3) is 0 Å². The van der Waals surface area contributed by atoms with E-state index in [4.69, 9.17) is 16.9 Å². The molecule has 0 bridgehead atoms. The lowest BCUT2D eigenvalue weighted by atomic mass is 10.1.